The highest BCUT2D eigenvalue weighted by molar-refractivity contribution is 5.94. The standard InChI is InChI=1S/C37H44F3N3O3/c1-3-20-43(36(45)46-26-27-10-6-4-7-11-27)32-18-21-42(22-19-32)25-30-23-33(24-34(30)28-12-8-5-9-13-28)41(2)35(44)29-14-16-31(17-15-29)37(38,39)40/h4-17,30,32-34H,3,18-26H2,1-2H3. The van der Waals surface area contributed by atoms with Crippen LogP contribution in [0.2, 0.25) is 0 Å². The molecule has 1 aliphatic heterocycles. The third kappa shape index (κ3) is 8.29. The Bertz CT molecular complexity index is 1410. The number of rotatable bonds is 10. The number of halogens is 3. The predicted molar refractivity (Wildman–Crippen MR) is 172 cm³/mol. The van der Waals surface area contributed by atoms with Crippen LogP contribution < -0.4 is 0 Å². The van der Waals surface area contributed by atoms with Crippen molar-refractivity contribution in [2.75, 3.05) is 33.2 Å². The fraction of sp³-hybridized carbons (Fsp3) is 0.459. The maximum atomic E-state index is 13.4. The van der Waals surface area contributed by atoms with E-state index in [-0.39, 0.29) is 42.2 Å². The molecule has 2 amide bonds. The van der Waals surface area contributed by atoms with Crippen LogP contribution in [0.3, 0.4) is 0 Å². The number of ether oxygens (including phenoxy) is 1. The lowest BCUT2D eigenvalue weighted by Gasteiger charge is -2.39. The molecule has 6 nitrogen and oxygen atoms in total. The van der Waals surface area contributed by atoms with Crippen LogP contribution in [0.4, 0.5) is 18.0 Å². The second kappa shape index (κ2) is 15.2. The molecule has 1 aliphatic carbocycles. The Morgan fingerprint density at radius 2 is 1.50 bits per heavy atom. The number of alkyl halides is 3. The van der Waals surface area contributed by atoms with Crippen LogP contribution in [-0.4, -0.2) is 72.0 Å². The molecule has 3 aromatic rings. The summed E-state index contributed by atoms with van der Waals surface area (Å²) in [6.07, 6.45) is -0.474. The zero-order chi connectivity index (χ0) is 32.7. The predicted octanol–water partition coefficient (Wildman–Crippen LogP) is 7.85. The first kappa shape index (κ1) is 33.5. The van der Waals surface area contributed by atoms with Gasteiger partial charge in [-0.05, 0) is 79.3 Å². The summed E-state index contributed by atoms with van der Waals surface area (Å²) in [6.45, 7) is 5.64. The minimum absolute atomic E-state index is 0.0260. The lowest BCUT2D eigenvalue weighted by atomic mass is 9.88. The van der Waals surface area contributed by atoms with Gasteiger partial charge in [0.15, 0.2) is 0 Å². The smallest absolute Gasteiger partial charge is 0.416 e. The van der Waals surface area contributed by atoms with Gasteiger partial charge >= 0.3 is 12.3 Å². The van der Waals surface area contributed by atoms with Crippen molar-refractivity contribution in [3.8, 4) is 0 Å². The van der Waals surface area contributed by atoms with Crippen LogP contribution in [0.15, 0.2) is 84.9 Å². The molecule has 0 spiro atoms. The average molecular weight is 636 g/mol. The van der Waals surface area contributed by atoms with E-state index in [1.807, 2.05) is 53.4 Å². The van der Waals surface area contributed by atoms with Crippen LogP contribution in [0.25, 0.3) is 0 Å². The highest BCUT2D eigenvalue weighted by atomic mass is 19.4. The maximum absolute atomic E-state index is 13.4. The molecule has 3 unspecified atom stereocenters. The minimum Gasteiger partial charge on any atom is -0.445 e. The quantitative estimate of drug-likeness (QED) is 0.228. The van der Waals surface area contributed by atoms with Gasteiger partial charge in [0.25, 0.3) is 5.91 Å². The van der Waals surface area contributed by atoms with Gasteiger partial charge < -0.3 is 19.4 Å². The summed E-state index contributed by atoms with van der Waals surface area (Å²) in [6, 6.07) is 24.7. The van der Waals surface area contributed by atoms with Gasteiger partial charge in [-0.1, -0.05) is 67.6 Å². The Balaban J connectivity index is 1.20. The van der Waals surface area contributed by atoms with E-state index in [9.17, 15) is 22.8 Å². The van der Waals surface area contributed by atoms with Gasteiger partial charge in [0, 0.05) is 50.9 Å². The molecule has 2 aliphatic rings. The van der Waals surface area contributed by atoms with Gasteiger partial charge in [0.1, 0.15) is 6.61 Å². The van der Waals surface area contributed by atoms with Crippen molar-refractivity contribution in [3.05, 3.63) is 107 Å². The Morgan fingerprint density at radius 3 is 2.11 bits per heavy atom. The summed E-state index contributed by atoms with van der Waals surface area (Å²) in [5, 5.41) is 0. The van der Waals surface area contributed by atoms with Crippen molar-refractivity contribution in [1.82, 2.24) is 14.7 Å². The van der Waals surface area contributed by atoms with Crippen molar-refractivity contribution in [2.24, 2.45) is 5.92 Å². The molecule has 1 saturated carbocycles. The van der Waals surface area contributed by atoms with E-state index >= 15 is 0 Å². The summed E-state index contributed by atoms with van der Waals surface area (Å²) < 4.78 is 44.9. The number of piperidine rings is 1. The van der Waals surface area contributed by atoms with E-state index in [4.69, 9.17) is 4.74 Å². The Morgan fingerprint density at radius 1 is 0.870 bits per heavy atom. The van der Waals surface area contributed by atoms with Crippen LogP contribution in [0, 0.1) is 5.92 Å². The van der Waals surface area contributed by atoms with Crippen LogP contribution in [-0.2, 0) is 17.5 Å². The van der Waals surface area contributed by atoms with Gasteiger partial charge in [0.05, 0.1) is 5.56 Å². The monoisotopic (exact) mass is 635 g/mol. The fourth-order valence-electron chi connectivity index (χ4n) is 7.10. The van der Waals surface area contributed by atoms with Crippen molar-refractivity contribution in [3.63, 3.8) is 0 Å². The number of nitrogens with zero attached hydrogens (tertiary/aromatic N) is 3. The second-order valence-electron chi connectivity index (χ2n) is 12.7. The zero-order valence-electron chi connectivity index (χ0n) is 26.7. The highest BCUT2D eigenvalue weighted by Gasteiger charge is 2.40. The lowest BCUT2D eigenvalue weighted by molar-refractivity contribution is -0.137. The van der Waals surface area contributed by atoms with E-state index in [2.05, 4.69) is 24.0 Å². The molecule has 0 bridgehead atoms. The molecule has 2 fully saturated rings. The SMILES string of the molecule is CCCN(C(=O)OCc1ccccc1)C1CCN(CC2CC(N(C)C(=O)c3ccc(C(F)(F)F)cc3)CC2c2ccccc2)CC1. The third-order valence-corrected chi connectivity index (χ3v) is 9.62. The van der Waals surface area contributed by atoms with E-state index in [1.54, 1.807) is 11.9 Å². The van der Waals surface area contributed by atoms with Crippen molar-refractivity contribution >= 4 is 12.0 Å². The largest absolute Gasteiger partial charge is 0.445 e. The number of likely N-dealkylation sites (tertiary alicyclic amines) is 1. The number of hydrogen-bond donors (Lipinski definition) is 0. The molecule has 0 aromatic heterocycles. The zero-order valence-corrected chi connectivity index (χ0v) is 26.7. The molecule has 5 rings (SSSR count). The summed E-state index contributed by atoms with van der Waals surface area (Å²) in [7, 11) is 1.76. The number of carbonyl (C=O) groups excluding carboxylic acids is 2. The summed E-state index contributed by atoms with van der Waals surface area (Å²) in [5.41, 5.74) is 1.71. The molecule has 9 heteroatoms. The third-order valence-electron chi connectivity index (χ3n) is 9.62. The van der Waals surface area contributed by atoms with Gasteiger partial charge in [-0.3, -0.25) is 4.79 Å². The van der Waals surface area contributed by atoms with Crippen LogP contribution in [0.1, 0.15) is 72.0 Å². The summed E-state index contributed by atoms with van der Waals surface area (Å²) in [5.74, 6) is 0.313. The van der Waals surface area contributed by atoms with Crippen LogP contribution in [0.5, 0.6) is 0 Å². The summed E-state index contributed by atoms with van der Waals surface area (Å²) in [4.78, 5) is 32.6. The lowest BCUT2D eigenvalue weighted by Crippen LogP contribution is -2.48. The number of hydrogen-bond acceptors (Lipinski definition) is 4. The molecule has 0 N–H and O–H groups in total. The molecular weight excluding hydrogens is 591 g/mol. The van der Waals surface area contributed by atoms with E-state index in [0.717, 1.165) is 69.4 Å². The fourth-order valence-corrected chi connectivity index (χ4v) is 7.10. The van der Waals surface area contributed by atoms with E-state index in [1.165, 1.54) is 17.7 Å². The first-order valence-corrected chi connectivity index (χ1v) is 16.3. The topological polar surface area (TPSA) is 53.1 Å². The average Bonchev–Trinajstić information content (AvgIpc) is 3.50. The van der Waals surface area contributed by atoms with Gasteiger partial charge in [-0.15, -0.1) is 0 Å². The van der Waals surface area contributed by atoms with Crippen molar-refractivity contribution in [2.45, 2.75) is 69.8 Å². The molecule has 3 atom stereocenters. The van der Waals surface area contributed by atoms with Gasteiger partial charge in [0.2, 0.25) is 0 Å². The van der Waals surface area contributed by atoms with Crippen molar-refractivity contribution < 1.29 is 27.5 Å². The van der Waals surface area contributed by atoms with Crippen molar-refractivity contribution in [1.29, 1.82) is 0 Å². The van der Waals surface area contributed by atoms with Gasteiger partial charge in [-0.25, -0.2) is 4.79 Å². The molecular formula is C37H44F3N3O3. The Hall–Kier alpha value is -3.85. The van der Waals surface area contributed by atoms with Crippen LogP contribution >= 0.6 is 0 Å². The molecule has 1 heterocycles. The molecule has 1 saturated heterocycles. The number of amides is 2. The number of carbonyl (C=O) groups is 2. The van der Waals surface area contributed by atoms with E-state index < -0.39 is 11.7 Å². The Kier molecular flexibility index (Phi) is 11.0. The number of benzene rings is 3. The molecule has 3 aromatic carbocycles. The first-order valence-electron chi connectivity index (χ1n) is 16.3. The molecule has 0 radical (unpaired) electrons. The molecule has 246 valence electrons. The summed E-state index contributed by atoms with van der Waals surface area (Å²) >= 11 is 0. The normalized spacial score (nSPS) is 20.8. The maximum Gasteiger partial charge on any atom is 0.416 e. The van der Waals surface area contributed by atoms with Gasteiger partial charge in [-0.2, -0.15) is 13.2 Å². The minimum atomic E-state index is -4.44. The van der Waals surface area contributed by atoms with E-state index in [0.29, 0.717) is 12.5 Å². The second-order valence-corrected chi connectivity index (χ2v) is 12.7. The highest BCUT2D eigenvalue weighted by Crippen LogP contribution is 2.43. The molecule has 46 heavy (non-hydrogen) atoms. The first-order chi connectivity index (χ1) is 22.1. The Labute approximate surface area is 270 Å².